The number of benzene rings is 2. The molecule has 1 N–H and O–H groups in total. The molecule has 3 nitrogen and oxygen atoms in total. The van der Waals surface area contributed by atoms with Crippen LogP contribution in [-0.2, 0) is 17.4 Å². The number of carbonyl (C=O) groups is 1. The van der Waals surface area contributed by atoms with E-state index in [1.165, 1.54) is 30.5 Å². The van der Waals surface area contributed by atoms with Crippen LogP contribution in [0.5, 0.6) is 0 Å². The lowest BCUT2D eigenvalue weighted by atomic mass is 10.1. The highest BCUT2D eigenvalue weighted by Crippen LogP contribution is 2.29. The summed E-state index contributed by atoms with van der Waals surface area (Å²) in [4.78, 5) is 16.1. The van der Waals surface area contributed by atoms with Crippen LogP contribution < -0.4 is 5.32 Å². The molecular formula is C20H14F4N2O. The summed E-state index contributed by atoms with van der Waals surface area (Å²) in [5, 5.41) is 2.53. The largest absolute Gasteiger partial charge is 0.416 e. The third kappa shape index (κ3) is 4.91. The summed E-state index contributed by atoms with van der Waals surface area (Å²) in [6.45, 7) is 0. The van der Waals surface area contributed by atoms with Gasteiger partial charge in [-0.3, -0.25) is 4.79 Å². The van der Waals surface area contributed by atoms with Crippen LogP contribution in [0.3, 0.4) is 0 Å². The molecule has 0 aliphatic rings. The van der Waals surface area contributed by atoms with Gasteiger partial charge in [0, 0.05) is 11.8 Å². The van der Waals surface area contributed by atoms with Gasteiger partial charge in [-0.05, 0) is 41.5 Å². The number of pyridine rings is 1. The van der Waals surface area contributed by atoms with E-state index in [-0.39, 0.29) is 23.6 Å². The minimum Gasteiger partial charge on any atom is -0.310 e. The predicted molar refractivity (Wildman–Crippen MR) is 93.4 cm³/mol. The highest BCUT2D eigenvalue weighted by atomic mass is 19.4. The lowest BCUT2D eigenvalue weighted by molar-refractivity contribution is -0.137. The molecule has 0 atom stereocenters. The third-order valence-corrected chi connectivity index (χ3v) is 3.81. The van der Waals surface area contributed by atoms with Crippen LogP contribution in [0, 0.1) is 5.82 Å². The van der Waals surface area contributed by atoms with E-state index in [2.05, 4.69) is 10.3 Å². The average molecular weight is 374 g/mol. The number of nitrogens with zero attached hydrogens (tertiary/aromatic N) is 1. The van der Waals surface area contributed by atoms with Crippen LogP contribution in [0.2, 0.25) is 0 Å². The molecule has 3 aromatic rings. The van der Waals surface area contributed by atoms with Crippen molar-refractivity contribution in [3.8, 4) is 11.1 Å². The fourth-order valence-electron chi connectivity index (χ4n) is 2.54. The number of amides is 1. The molecule has 2 aromatic carbocycles. The molecule has 0 saturated heterocycles. The molecular weight excluding hydrogens is 360 g/mol. The number of aromatic nitrogens is 1. The molecule has 3 rings (SSSR count). The van der Waals surface area contributed by atoms with E-state index in [0.29, 0.717) is 11.1 Å². The van der Waals surface area contributed by atoms with E-state index in [1.54, 1.807) is 24.3 Å². The van der Waals surface area contributed by atoms with E-state index in [9.17, 15) is 22.4 Å². The van der Waals surface area contributed by atoms with E-state index in [1.807, 2.05) is 0 Å². The number of nitrogens with one attached hydrogen (secondary N) is 1. The van der Waals surface area contributed by atoms with Gasteiger partial charge < -0.3 is 5.32 Å². The molecule has 1 aromatic heterocycles. The molecule has 0 bridgehead atoms. The second-order valence-corrected chi connectivity index (χ2v) is 5.87. The molecule has 0 unspecified atom stereocenters. The minimum atomic E-state index is -4.46. The summed E-state index contributed by atoms with van der Waals surface area (Å²) in [7, 11) is 0. The van der Waals surface area contributed by atoms with Crippen molar-refractivity contribution in [1.29, 1.82) is 0 Å². The molecule has 1 amide bonds. The molecule has 7 heteroatoms. The Morgan fingerprint density at radius 3 is 2.41 bits per heavy atom. The number of hydrogen-bond donors (Lipinski definition) is 1. The van der Waals surface area contributed by atoms with E-state index < -0.39 is 17.6 Å². The molecule has 138 valence electrons. The lowest BCUT2D eigenvalue weighted by Crippen LogP contribution is -2.16. The van der Waals surface area contributed by atoms with Crippen LogP contribution in [-0.4, -0.2) is 10.9 Å². The van der Waals surface area contributed by atoms with Crippen LogP contribution in [0.25, 0.3) is 11.1 Å². The molecule has 0 saturated carbocycles. The Bertz CT molecular complexity index is 953. The van der Waals surface area contributed by atoms with Crippen molar-refractivity contribution in [2.75, 3.05) is 5.32 Å². The minimum absolute atomic E-state index is 0.211. The molecule has 0 radical (unpaired) electrons. The van der Waals surface area contributed by atoms with E-state index >= 15 is 0 Å². The molecule has 0 spiro atoms. The Kier molecular flexibility index (Phi) is 5.21. The van der Waals surface area contributed by atoms with Crippen LogP contribution >= 0.6 is 0 Å². The Hall–Kier alpha value is -3.22. The fourth-order valence-corrected chi connectivity index (χ4v) is 2.54. The molecule has 27 heavy (non-hydrogen) atoms. The molecule has 0 aliphatic heterocycles. The zero-order valence-electron chi connectivity index (χ0n) is 13.9. The summed E-state index contributed by atoms with van der Waals surface area (Å²) in [5.74, 6) is -0.599. The van der Waals surface area contributed by atoms with Crippen molar-refractivity contribution < 1.29 is 22.4 Å². The van der Waals surface area contributed by atoms with Gasteiger partial charge in [0.05, 0.1) is 12.0 Å². The smallest absolute Gasteiger partial charge is 0.310 e. The molecule has 0 aliphatic carbocycles. The highest BCUT2D eigenvalue weighted by Gasteiger charge is 2.30. The van der Waals surface area contributed by atoms with E-state index in [4.69, 9.17) is 0 Å². The Labute approximate surface area is 152 Å². The molecule has 1 heterocycles. The highest BCUT2D eigenvalue weighted by molar-refractivity contribution is 5.91. The maximum absolute atomic E-state index is 13.3. The van der Waals surface area contributed by atoms with Gasteiger partial charge >= 0.3 is 6.18 Å². The first kappa shape index (κ1) is 18.6. The van der Waals surface area contributed by atoms with Gasteiger partial charge in [-0.15, -0.1) is 0 Å². The standard InChI is InChI=1S/C20H14F4N2O/c21-17-6-2-4-14(11-17)15-7-8-18(25-12-15)26-19(27)10-13-3-1-5-16(9-13)20(22,23)24/h1-9,11-12H,10H2,(H,25,26,27). The van der Waals surface area contributed by atoms with E-state index in [0.717, 1.165) is 12.1 Å². The van der Waals surface area contributed by atoms with Crippen molar-refractivity contribution in [3.05, 3.63) is 83.8 Å². The summed E-state index contributed by atoms with van der Waals surface area (Å²) < 4.78 is 51.4. The van der Waals surface area contributed by atoms with Gasteiger partial charge in [0.15, 0.2) is 0 Å². The van der Waals surface area contributed by atoms with Crippen molar-refractivity contribution in [2.45, 2.75) is 12.6 Å². The topological polar surface area (TPSA) is 42.0 Å². The maximum Gasteiger partial charge on any atom is 0.416 e. The monoisotopic (exact) mass is 374 g/mol. The van der Waals surface area contributed by atoms with Crippen LogP contribution in [0.4, 0.5) is 23.4 Å². The van der Waals surface area contributed by atoms with Gasteiger partial charge in [-0.25, -0.2) is 9.37 Å². The van der Waals surface area contributed by atoms with Crippen molar-refractivity contribution in [2.24, 2.45) is 0 Å². The number of rotatable bonds is 4. The first-order chi connectivity index (χ1) is 12.8. The Morgan fingerprint density at radius 2 is 1.74 bits per heavy atom. The van der Waals surface area contributed by atoms with Crippen LogP contribution in [0.15, 0.2) is 66.9 Å². The van der Waals surface area contributed by atoms with Crippen molar-refractivity contribution in [3.63, 3.8) is 0 Å². The lowest BCUT2D eigenvalue weighted by Gasteiger charge is -2.09. The second kappa shape index (κ2) is 7.57. The quantitative estimate of drug-likeness (QED) is 0.647. The average Bonchev–Trinajstić information content (AvgIpc) is 2.62. The van der Waals surface area contributed by atoms with Crippen molar-refractivity contribution >= 4 is 11.7 Å². The summed E-state index contributed by atoms with van der Waals surface area (Å²) in [6, 6.07) is 13.8. The number of anilines is 1. The third-order valence-electron chi connectivity index (χ3n) is 3.81. The van der Waals surface area contributed by atoms with Gasteiger partial charge in [-0.1, -0.05) is 30.3 Å². The van der Waals surface area contributed by atoms with Crippen molar-refractivity contribution in [1.82, 2.24) is 4.98 Å². The Balaban J connectivity index is 1.66. The fraction of sp³-hybridized carbons (Fsp3) is 0.100. The SMILES string of the molecule is O=C(Cc1cccc(C(F)(F)F)c1)Nc1ccc(-c2cccc(F)c2)cn1. The predicted octanol–water partition coefficient (Wildman–Crippen LogP) is 5.09. The first-order valence-electron chi connectivity index (χ1n) is 7.99. The second-order valence-electron chi connectivity index (χ2n) is 5.87. The normalized spacial score (nSPS) is 11.3. The first-order valence-corrected chi connectivity index (χ1v) is 7.99. The van der Waals surface area contributed by atoms with Gasteiger partial charge in [-0.2, -0.15) is 13.2 Å². The molecule has 0 fully saturated rings. The number of carbonyl (C=O) groups excluding carboxylic acids is 1. The van der Waals surface area contributed by atoms with Gasteiger partial charge in [0.1, 0.15) is 11.6 Å². The maximum atomic E-state index is 13.3. The Morgan fingerprint density at radius 1 is 0.963 bits per heavy atom. The summed E-state index contributed by atoms with van der Waals surface area (Å²) in [6.07, 6.45) is -3.19. The summed E-state index contributed by atoms with van der Waals surface area (Å²) >= 11 is 0. The number of alkyl halides is 3. The number of hydrogen-bond acceptors (Lipinski definition) is 2. The zero-order chi connectivity index (χ0) is 19.4. The summed E-state index contributed by atoms with van der Waals surface area (Å²) in [5.41, 5.74) is 0.763. The number of halogens is 4. The van der Waals surface area contributed by atoms with Gasteiger partial charge in [0.25, 0.3) is 0 Å². The zero-order valence-corrected chi connectivity index (χ0v) is 13.9. The van der Waals surface area contributed by atoms with Crippen LogP contribution in [0.1, 0.15) is 11.1 Å². The van der Waals surface area contributed by atoms with Gasteiger partial charge in [0.2, 0.25) is 5.91 Å².